The third kappa shape index (κ3) is 3.50. The number of hydrogen-bond acceptors (Lipinski definition) is 4. The van der Waals surface area contributed by atoms with Crippen LogP contribution in [0.4, 0.5) is 0 Å². The standard InChI is InChI=1S/C11H15BrN2O3S/c12-8-4-11(7-13-6-8)18(16,17)14-9-2-1-3-10(15)5-9/h4,6-7,9-10,14-15H,1-3,5H2. The Hall–Kier alpha value is -0.500. The third-order valence-electron chi connectivity index (χ3n) is 2.96. The fraction of sp³-hybridized carbons (Fsp3) is 0.545. The summed E-state index contributed by atoms with van der Waals surface area (Å²) in [4.78, 5) is 3.98. The molecule has 1 aliphatic rings. The van der Waals surface area contributed by atoms with E-state index in [1.54, 1.807) is 0 Å². The molecule has 1 aliphatic carbocycles. The molecule has 1 heterocycles. The lowest BCUT2D eigenvalue weighted by Gasteiger charge is -2.26. The van der Waals surface area contributed by atoms with Crippen molar-refractivity contribution in [2.75, 3.05) is 0 Å². The van der Waals surface area contributed by atoms with Gasteiger partial charge in [0.15, 0.2) is 0 Å². The Bertz CT molecular complexity index is 521. The summed E-state index contributed by atoms with van der Waals surface area (Å²) in [6.45, 7) is 0. The fourth-order valence-electron chi connectivity index (χ4n) is 2.10. The molecular weight excluding hydrogens is 320 g/mol. The van der Waals surface area contributed by atoms with Crippen LogP contribution in [0.5, 0.6) is 0 Å². The first-order chi connectivity index (χ1) is 8.47. The van der Waals surface area contributed by atoms with Crippen LogP contribution in [-0.2, 0) is 10.0 Å². The van der Waals surface area contributed by atoms with E-state index in [0.29, 0.717) is 10.9 Å². The maximum atomic E-state index is 12.1. The molecule has 0 radical (unpaired) electrons. The molecule has 1 aromatic rings. The van der Waals surface area contributed by atoms with E-state index in [0.717, 1.165) is 19.3 Å². The highest BCUT2D eigenvalue weighted by atomic mass is 79.9. The molecule has 7 heteroatoms. The van der Waals surface area contributed by atoms with Gasteiger partial charge in [-0.25, -0.2) is 13.1 Å². The summed E-state index contributed by atoms with van der Waals surface area (Å²) in [5, 5.41) is 9.54. The van der Waals surface area contributed by atoms with Crippen molar-refractivity contribution in [3.05, 3.63) is 22.9 Å². The number of aliphatic hydroxyl groups excluding tert-OH is 1. The van der Waals surface area contributed by atoms with Crippen molar-refractivity contribution in [3.63, 3.8) is 0 Å². The van der Waals surface area contributed by atoms with Crippen LogP contribution in [0, 0.1) is 0 Å². The smallest absolute Gasteiger partial charge is 0.242 e. The van der Waals surface area contributed by atoms with Crippen LogP contribution < -0.4 is 4.72 Å². The molecule has 2 rings (SSSR count). The molecule has 0 bridgehead atoms. The molecule has 2 atom stereocenters. The lowest BCUT2D eigenvalue weighted by Crippen LogP contribution is -2.39. The average molecular weight is 335 g/mol. The van der Waals surface area contributed by atoms with E-state index in [1.165, 1.54) is 18.5 Å². The zero-order valence-electron chi connectivity index (χ0n) is 9.71. The second-order valence-corrected chi connectivity index (χ2v) is 7.11. The first kappa shape index (κ1) is 13.9. The summed E-state index contributed by atoms with van der Waals surface area (Å²) in [5.41, 5.74) is 0. The Kier molecular flexibility index (Phi) is 4.37. The molecule has 2 N–H and O–H groups in total. The van der Waals surface area contributed by atoms with Gasteiger partial charge >= 0.3 is 0 Å². The summed E-state index contributed by atoms with van der Waals surface area (Å²) < 4.78 is 27.5. The second-order valence-electron chi connectivity index (χ2n) is 4.48. The predicted molar refractivity (Wildman–Crippen MR) is 70.5 cm³/mol. The Morgan fingerprint density at radius 3 is 2.83 bits per heavy atom. The predicted octanol–water partition coefficient (Wildman–Crippen LogP) is 1.43. The molecule has 0 spiro atoms. The highest BCUT2D eigenvalue weighted by molar-refractivity contribution is 9.10. The Balaban J connectivity index is 2.12. The molecule has 0 aliphatic heterocycles. The van der Waals surface area contributed by atoms with Gasteiger partial charge in [-0.2, -0.15) is 0 Å². The SMILES string of the molecule is O=S(=O)(NC1CCCC(O)C1)c1cncc(Br)c1. The van der Waals surface area contributed by atoms with E-state index in [4.69, 9.17) is 0 Å². The average Bonchev–Trinajstić information content (AvgIpc) is 2.28. The van der Waals surface area contributed by atoms with E-state index in [-0.39, 0.29) is 10.9 Å². The summed E-state index contributed by atoms with van der Waals surface area (Å²) in [5.74, 6) is 0. The summed E-state index contributed by atoms with van der Waals surface area (Å²) in [6, 6.07) is 1.31. The minimum atomic E-state index is -3.56. The first-order valence-corrected chi connectivity index (χ1v) is 8.06. The Labute approximate surface area is 115 Å². The van der Waals surface area contributed by atoms with Crippen LogP contribution in [0.3, 0.4) is 0 Å². The number of sulfonamides is 1. The van der Waals surface area contributed by atoms with Gasteiger partial charge in [-0.05, 0) is 47.7 Å². The molecular formula is C11H15BrN2O3S. The summed E-state index contributed by atoms with van der Waals surface area (Å²) in [6.07, 6.45) is 5.25. The lowest BCUT2D eigenvalue weighted by molar-refractivity contribution is 0.117. The highest BCUT2D eigenvalue weighted by Crippen LogP contribution is 2.21. The Morgan fingerprint density at radius 2 is 2.17 bits per heavy atom. The van der Waals surface area contributed by atoms with Crippen LogP contribution in [0.1, 0.15) is 25.7 Å². The molecule has 1 saturated carbocycles. The minimum absolute atomic E-state index is 0.136. The zero-order chi connectivity index (χ0) is 13.2. The van der Waals surface area contributed by atoms with Gasteiger partial charge in [0.05, 0.1) is 6.10 Å². The molecule has 1 fully saturated rings. The maximum absolute atomic E-state index is 12.1. The van der Waals surface area contributed by atoms with Gasteiger partial charge in [-0.3, -0.25) is 4.98 Å². The minimum Gasteiger partial charge on any atom is -0.393 e. The van der Waals surface area contributed by atoms with Gasteiger partial charge in [-0.15, -0.1) is 0 Å². The Morgan fingerprint density at radius 1 is 1.39 bits per heavy atom. The molecule has 100 valence electrons. The molecule has 5 nitrogen and oxygen atoms in total. The monoisotopic (exact) mass is 334 g/mol. The van der Waals surface area contributed by atoms with Gasteiger partial charge in [0.25, 0.3) is 0 Å². The number of nitrogens with zero attached hydrogens (tertiary/aromatic N) is 1. The number of halogens is 1. The van der Waals surface area contributed by atoms with E-state index in [9.17, 15) is 13.5 Å². The fourth-order valence-corrected chi connectivity index (χ4v) is 3.88. The van der Waals surface area contributed by atoms with Crippen LogP contribution in [0.2, 0.25) is 0 Å². The molecule has 18 heavy (non-hydrogen) atoms. The van der Waals surface area contributed by atoms with E-state index < -0.39 is 16.1 Å². The van der Waals surface area contributed by atoms with Crippen LogP contribution >= 0.6 is 15.9 Å². The lowest BCUT2D eigenvalue weighted by atomic mass is 9.94. The number of pyridine rings is 1. The van der Waals surface area contributed by atoms with Crippen molar-refractivity contribution < 1.29 is 13.5 Å². The normalized spacial score (nSPS) is 25.0. The number of nitrogens with one attached hydrogen (secondary N) is 1. The molecule has 1 aromatic heterocycles. The van der Waals surface area contributed by atoms with Crippen molar-refractivity contribution in [2.24, 2.45) is 0 Å². The van der Waals surface area contributed by atoms with Crippen molar-refractivity contribution in [1.29, 1.82) is 0 Å². The van der Waals surface area contributed by atoms with Gasteiger partial charge in [0, 0.05) is 22.9 Å². The zero-order valence-corrected chi connectivity index (χ0v) is 12.1. The van der Waals surface area contributed by atoms with Crippen LogP contribution in [0.15, 0.2) is 27.8 Å². The quantitative estimate of drug-likeness (QED) is 0.876. The van der Waals surface area contributed by atoms with Crippen molar-refractivity contribution in [3.8, 4) is 0 Å². The number of aromatic nitrogens is 1. The van der Waals surface area contributed by atoms with Crippen LogP contribution in [0.25, 0.3) is 0 Å². The molecule has 0 amide bonds. The largest absolute Gasteiger partial charge is 0.393 e. The van der Waals surface area contributed by atoms with Gasteiger partial charge in [-0.1, -0.05) is 0 Å². The van der Waals surface area contributed by atoms with E-state index >= 15 is 0 Å². The van der Waals surface area contributed by atoms with Crippen molar-refractivity contribution in [2.45, 2.75) is 42.7 Å². The maximum Gasteiger partial charge on any atom is 0.242 e. The van der Waals surface area contributed by atoms with Crippen molar-refractivity contribution >= 4 is 26.0 Å². The number of rotatable bonds is 3. The first-order valence-electron chi connectivity index (χ1n) is 5.78. The topological polar surface area (TPSA) is 79.3 Å². The number of hydrogen-bond donors (Lipinski definition) is 2. The van der Waals surface area contributed by atoms with E-state index in [1.807, 2.05) is 0 Å². The van der Waals surface area contributed by atoms with E-state index in [2.05, 4.69) is 25.6 Å². The van der Waals surface area contributed by atoms with Crippen molar-refractivity contribution in [1.82, 2.24) is 9.71 Å². The third-order valence-corrected chi connectivity index (χ3v) is 4.88. The number of aliphatic hydroxyl groups is 1. The molecule has 2 unspecified atom stereocenters. The van der Waals surface area contributed by atoms with Crippen LogP contribution in [-0.4, -0.2) is 30.7 Å². The second kappa shape index (κ2) is 5.64. The summed E-state index contributed by atoms with van der Waals surface area (Å²) in [7, 11) is -3.56. The summed E-state index contributed by atoms with van der Waals surface area (Å²) >= 11 is 3.19. The van der Waals surface area contributed by atoms with Gasteiger partial charge in [0.2, 0.25) is 10.0 Å². The van der Waals surface area contributed by atoms with Gasteiger partial charge < -0.3 is 5.11 Å². The highest BCUT2D eigenvalue weighted by Gasteiger charge is 2.25. The molecule has 0 aromatic carbocycles. The molecule has 0 saturated heterocycles. The van der Waals surface area contributed by atoms with Gasteiger partial charge in [0.1, 0.15) is 4.90 Å².